The number of nitrogens with one attached hydrogen (secondary N) is 1. The topological polar surface area (TPSA) is 60.0 Å². The standard InChI is InChI=1S/C18H18N6/c1-14(18-22-21-17-5-2-3-11-23(17)18)19-13-15-6-8-16(9-7-15)24-12-4-10-20-24/h2-12,14,19H,13H2,1H3. The number of benzene rings is 1. The van der Waals surface area contributed by atoms with Crippen molar-refractivity contribution < 1.29 is 0 Å². The number of aromatic nitrogens is 5. The highest BCUT2D eigenvalue weighted by atomic mass is 15.3. The zero-order chi connectivity index (χ0) is 16.4. The van der Waals surface area contributed by atoms with Gasteiger partial charge in [0.2, 0.25) is 0 Å². The highest BCUT2D eigenvalue weighted by molar-refractivity contribution is 5.37. The van der Waals surface area contributed by atoms with Crippen molar-refractivity contribution in [1.29, 1.82) is 0 Å². The lowest BCUT2D eigenvalue weighted by Crippen LogP contribution is -2.20. The van der Waals surface area contributed by atoms with Gasteiger partial charge in [-0.2, -0.15) is 5.10 Å². The molecule has 1 unspecified atom stereocenters. The van der Waals surface area contributed by atoms with Crippen molar-refractivity contribution in [3.8, 4) is 5.69 Å². The van der Waals surface area contributed by atoms with Crippen LogP contribution in [0.3, 0.4) is 0 Å². The molecule has 0 fully saturated rings. The molecule has 1 aromatic carbocycles. The highest BCUT2D eigenvalue weighted by Gasteiger charge is 2.12. The van der Waals surface area contributed by atoms with E-state index in [0.29, 0.717) is 0 Å². The smallest absolute Gasteiger partial charge is 0.160 e. The Labute approximate surface area is 139 Å². The molecule has 1 N–H and O–H groups in total. The summed E-state index contributed by atoms with van der Waals surface area (Å²) >= 11 is 0. The van der Waals surface area contributed by atoms with Crippen molar-refractivity contribution in [3.05, 3.63) is 78.5 Å². The van der Waals surface area contributed by atoms with E-state index in [1.165, 1.54) is 5.56 Å². The second-order valence-corrected chi connectivity index (χ2v) is 5.71. The van der Waals surface area contributed by atoms with Crippen molar-refractivity contribution in [2.75, 3.05) is 0 Å². The van der Waals surface area contributed by atoms with Gasteiger partial charge < -0.3 is 5.32 Å². The van der Waals surface area contributed by atoms with Crippen LogP contribution in [0.5, 0.6) is 0 Å². The maximum absolute atomic E-state index is 4.29. The lowest BCUT2D eigenvalue weighted by molar-refractivity contribution is 0.541. The number of fused-ring (bicyclic) bond motifs is 1. The maximum atomic E-state index is 4.29. The number of rotatable bonds is 5. The molecule has 24 heavy (non-hydrogen) atoms. The largest absolute Gasteiger partial charge is 0.303 e. The number of hydrogen-bond acceptors (Lipinski definition) is 4. The van der Waals surface area contributed by atoms with Crippen LogP contribution in [0.15, 0.2) is 67.1 Å². The van der Waals surface area contributed by atoms with E-state index in [4.69, 9.17) is 0 Å². The molecule has 0 aliphatic heterocycles. The van der Waals surface area contributed by atoms with E-state index in [2.05, 4.69) is 51.8 Å². The SMILES string of the molecule is CC(NCc1ccc(-n2cccn2)cc1)c1nnc2ccccn12. The summed E-state index contributed by atoms with van der Waals surface area (Å²) in [7, 11) is 0. The Kier molecular flexibility index (Phi) is 3.80. The van der Waals surface area contributed by atoms with Crippen LogP contribution in [0.1, 0.15) is 24.4 Å². The zero-order valence-electron chi connectivity index (χ0n) is 13.4. The molecular weight excluding hydrogens is 300 g/mol. The predicted molar refractivity (Wildman–Crippen MR) is 91.8 cm³/mol. The molecule has 0 saturated carbocycles. The maximum Gasteiger partial charge on any atom is 0.160 e. The molecule has 6 heteroatoms. The molecule has 0 radical (unpaired) electrons. The molecular formula is C18H18N6. The highest BCUT2D eigenvalue weighted by Crippen LogP contribution is 2.13. The third kappa shape index (κ3) is 2.79. The molecule has 1 atom stereocenters. The molecule has 0 saturated heterocycles. The first-order chi connectivity index (χ1) is 11.8. The van der Waals surface area contributed by atoms with E-state index >= 15 is 0 Å². The summed E-state index contributed by atoms with van der Waals surface area (Å²) in [5, 5.41) is 16.2. The van der Waals surface area contributed by atoms with Gasteiger partial charge in [-0.25, -0.2) is 4.68 Å². The first kappa shape index (κ1) is 14.6. The van der Waals surface area contributed by atoms with Crippen molar-refractivity contribution in [3.63, 3.8) is 0 Å². The Hall–Kier alpha value is -2.99. The molecule has 4 rings (SSSR count). The fourth-order valence-corrected chi connectivity index (χ4v) is 2.71. The van der Waals surface area contributed by atoms with Gasteiger partial charge in [0.1, 0.15) is 0 Å². The first-order valence-corrected chi connectivity index (χ1v) is 7.93. The van der Waals surface area contributed by atoms with Crippen LogP contribution in [0.2, 0.25) is 0 Å². The number of pyridine rings is 1. The van der Waals surface area contributed by atoms with Gasteiger partial charge in [0, 0.05) is 25.1 Å². The van der Waals surface area contributed by atoms with Gasteiger partial charge in [-0.05, 0) is 42.8 Å². The lowest BCUT2D eigenvalue weighted by atomic mass is 10.2. The molecule has 4 aromatic rings. The van der Waals surface area contributed by atoms with E-state index in [-0.39, 0.29) is 6.04 Å². The van der Waals surface area contributed by atoms with Crippen molar-refractivity contribution >= 4 is 5.65 Å². The van der Waals surface area contributed by atoms with E-state index in [0.717, 1.165) is 23.7 Å². The summed E-state index contributed by atoms with van der Waals surface area (Å²) in [5.41, 5.74) is 3.14. The van der Waals surface area contributed by atoms with Gasteiger partial charge in [-0.15, -0.1) is 10.2 Å². The normalized spacial score (nSPS) is 12.5. The Morgan fingerprint density at radius 2 is 1.88 bits per heavy atom. The van der Waals surface area contributed by atoms with Gasteiger partial charge in [0.15, 0.2) is 11.5 Å². The van der Waals surface area contributed by atoms with Crippen molar-refractivity contribution in [2.45, 2.75) is 19.5 Å². The lowest BCUT2D eigenvalue weighted by Gasteiger charge is -2.12. The second kappa shape index (κ2) is 6.25. The van der Waals surface area contributed by atoms with E-state index in [1.54, 1.807) is 6.20 Å². The molecule has 3 heterocycles. The summed E-state index contributed by atoms with van der Waals surface area (Å²) in [6, 6.07) is 16.3. The van der Waals surface area contributed by atoms with Gasteiger partial charge >= 0.3 is 0 Å². The predicted octanol–water partition coefficient (Wildman–Crippen LogP) is 2.77. The molecule has 6 nitrogen and oxygen atoms in total. The number of hydrogen-bond donors (Lipinski definition) is 1. The Morgan fingerprint density at radius 3 is 2.67 bits per heavy atom. The third-order valence-electron chi connectivity index (χ3n) is 4.05. The minimum Gasteiger partial charge on any atom is -0.303 e. The van der Waals surface area contributed by atoms with Gasteiger partial charge in [-0.1, -0.05) is 18.2 Å². The average Bonchev–Trinajstić information content (AvgIpc) is 3.30. The Balaban J connectivity index is 1.44. The summed E-state index contributed by atoms with van der Waals surface area (Å²) in [6.45, 7) is 2.86. The average molecular weight is 318 g/mol. The summed E-state index contributed by atoms with van der Waals surface area (Å²) in [4.78, 5) is 0. The molecule has 3 aromatic heterocycles. The van der Waals surface area contributed by atoms with Crippen LogP contribution >= 0.6 is 0 Å². The molecule has 120 valence electrons. The molecule has 0 aliphatic rings. The summed E-state index contributed by atoms with van der Waals surface area (Å²) < 4.78 is 3.86. The van der Waals surface area contributed by atoms with Crippen LogP contribution in [0.4, 0.5) is 0 Å². The van der Waals surface area contributed by atoms with Crippen molar-refractivity contribution in [2.24, 2.45) is 0 Å². The summed E-state index contributed by atoms with van der Waals surface area (Å²) in [5.74, 6) is 0.916. The fraction of sp³-hybridized carbons (Fsp3) is 0.167. The Morgan fingerprint density at radius 1 is 1.00 bits per heavy atom. The summed E-state index contributed by atoms with van der Waals surface area (Å²) in [6.07, 6.45) is 5.70. The van der Waals surface area contributed by atoms with Crippen LogP contribution in [-0.2, 0) is 6.54 Å². The number of nitrogens with zero attached hydrogens (tertiary/aromatic N) is 5. The Bertz CT molecular complexity index is 924. The minimum absolute atomic E-state index is 0.105. The molecule has 0 amide bonds. The zero-order valence-corrected chi connectivity index (χ0v) is 13.4. The van der Waals surface area contributed by atoms with Gasteiger partial charge in [0.25, 0.3) is 0 Å². The quantitative estimate of drug-likeness (QED) is 0.615. The molecule has 0 aliphatic carbocycles. The second-order valence-electron chi connectivity index (χ2n) is 5.71. The van der Waals surface area contributed by atoms with Crippen molar-refractivity contribution in [1.82, 2.24) is 29.7 Å². The van der Waals surface area contributed by atoms with Crippen LogP contribution in [0, 0.1) is 0 Å². The fourth-order valence-electron chi connectivity index (χ4n) is 2.71. The van der Waals surface area contributed by atoms with Crippen LogP contribution in [-0.4, -0.2) is 24.4 Å². The third-order valence-corrected chi connectivity index (χ3v) is 4.05. The minimum atomic E-state index is 0.105. The van der Waals surface area contributed by atoms with E-state index in [1.807, 2.05) is 45.7 Å². The molecule has 0 spiro atoms. The monoisotopic (exact) mass is 318 g/mol. The van der Waals surface area contributed by atoms with Crippen LogP contribution < -0.4 is 5.32 Å². The van der Waals surface area contributed by atoms with E-state index < -0.39 is 0 Å². The van der Waals surface area contributed by atoms with Gasteiger partial charge in [0.05, 0.1) is 11.7 Å². The first-order valence-electron chi connectivity index (χ1n) is 7.93. The van der Waals surface area contributed by atoms with Gasteiger partial charge in [-0.3, -0.25) is 4.40 Å². The molecule has 0 bridgehead atoms. The van der Waals surface area contributed by atoms with E-state index in [9.17, 15) is 0 Å². The van der Waals surface area contributed by atoms with Crippen LogP contribution in [0.25, 0.3) is 11.3 Å².